The number of aliphatic hydroxyl groups excluding tert-OH is 1. The van der Waals surface area contributed by atoms with E-state index in [1.165, 1.54) is 18.9 Å². The van der Waals surface area contributed by atoms with Crippen molar-refractivity contribution < 1.29 is 9.50 Å². The van der Waals surface area contributed by atoms with Gasteiger partial charge >= 0.3 is 0 Å². The van der Waals surface area contributed by atoms with Crippen LogP contribution >= 0.6 is 15.9 Å². The van der Waals surface area contributed by atoms with Gasteiger partial charge in [0.05, 0.1) is 11.1 Å². The molecule has 0 aromatic heterocycles. The van der Waals surface area contributed by atoms with Crippen LogP contribution < -0.4 is 0 Å². The summed E-state index contributed by atoms with van der Waals surface area (Å²) in [5.74, 6) is -0.225. The molecule has 16 heavy (non-hydrogen) atoms. The molecule has 4 heteroatoms. The van der Waals surface area contributed by atoms with Crippen molar-refractivity contribution in [3.05, 3.63) is 34.1 Å². The van der Waals surface area contributed by atoms with E-state index in [4.69, 9.17) is 5.11 Å². The Kier molecular flexibility index (Phi) is 3.95. The molecule has 0 radical (unpaired) electrons. The van der Waals surface area contributed by atoms with E-state index in [0.717, 1.165) is 5.56 Å². The number of rotatable bonds is 5. The first-order valence-corrected chi connectivity index (χ1v) is 6.29. The van der Waals surface area contributed by atoms with Gasteiger partial charge in [-0.15, -0.1) is 0 Å². The molecule has 1 fully saturated rings. The predicted molar refractivity (Wildman–Crippen MR) is 64.6 cm³/mol. The lowest BCUT2D eigenvalue weighted by Gasteiger charge is -2.21. The molecule has 2 rings (SSSR count). The average molecular weight is 288 g/mol. The molecule has 1 aliphatic rings. The zero-order chi connectivity index (χ0) is 11.5. The molecule has 1 aliphatic carbocycles. The summed E-state index contributed by atoms with van der Waals surface area (Å²) >= 11 is 3.27. The van der Waals surface area contributed by atoms with Crippen molar-refractivity contribution >= 4 is 15.9 Å². The Labute approximate surface area is 103 Å². The highest BCUT2D eigenvalue weighted by Gasteiger charge is 2.28. The topological polar surface area (TPSA) is 23.5 Å². The first kappa shape index (κ1) is 12.0. The van der Waals surface area contributed by atoms with Crippen molar-refractivity contribution in [3.8, 4) is 0 Å². The van der Waals surface area contributed by atoms with E-state index in [1.54, 1.807) is 6.07 Å². The average Bonchev–Trinajstić information content (AvgIpc) is 3.07. The lowest BCUT2D eigenvalue weighted by molar-refractivity contribution is 0.183. The molecule has 88 valence electrons. The monoisotopic (exact) mass is 287 g/mol. The van der Waals surface area contributed by atoms with Crippen molar-refractivity contribution in [3.63, 3.8) is 0 Å². The summed E-state index contributed by atoms with van der Waals surface area (Å²) in [6.45, 7) is 1.51. The van der Waals surface area contributed by atoms with Gasteiger partial charge in [-0.1, -0.05) is 12.1 Å². The maximum atomic E-state index is 13.3. The molecular formula is C12H15BrFNO. The zero-order valence-corrected chi connectivity index (χ0v) is 10.6. The smallest absolute Gasteiger partial charge is 0.137 e. The molecule has 0 saturated heterocycles. The number of aliphatic hydroxyl groups is 1. The second-order valence-corrected chi connectivity index (χ2v) is 4.93. The Hall–Kier alpha value is -0.450. The third kappa shape index (κ3) is 2.81. The fourth-order valence-corrected chi connectivity index (χ4v) is 2.24. The number of hydrogen-bond acceptors (Lipinski definition) is 2. The molecular weight excluding hydrogens is 273 g/mol. The summed E-state index contributed by atoms with van der Waals surface area (Å²) in [7, 11) is 0. The number of benzene rings is 1. The summed E-state index contributed by atoms with van der Waals surface area (Å²) in [6, 6.07) is 5.66. The Balaban J connectivity index is 2.08. The lowest BCUT2D eigenvalue weighted by atomic mass is 10.2. The van der Waals surface area contributed by atoms with Gasteiger partial charge in [0, 0.05) is 19.1 Å². The molecule has 0 aliphatic heterocycles. The van der Waals surface area contributed by atoms with Crippen LogP contribution in [-0.2, 0) is 6.54 Å². The number of halogens is 2. The Morgan fingerprint density at radius 3 is 2.81 bits per heavy atom. The van der Waals surface area contributed by atoms with E-state index < -0.39 is 0 Å². The molecule has 1 N–H and O–H groups in total. The quantitative estimate of drug-likeness (QED) is 0.900. The largest absolute Gasteiger partial charge is 0.395 e. The zero-order valence-electron chi connectivity index (χ0n) is 9.00. The third-order valence-corrected chi connectivity index (χ3v) is 3.74. The Bertz CT molecular complexity index is 368. The van der Waals surface area contributed by atoms with Gasteiger partial charge in [-0.25, -0.2) is 4.39 Å². The fraction of sp³-hybridized carbons (Fsp3) is 0.500. The van der Waals surface area contributed by atoms with E-state index in [-0.39, 0.29) is 12.4 Å². The van der Waals surface area contributed by atoms with Gasteiger partial charge in [0.2, 0.25) is 0 Å². The van der Waals surface area contributed by atoms with Gasteiger partial charge in [-0.3, -0.25) is 4.90 Å². The van der Waals surface area contributed by atoms with E-state index in [2.05, 4.69) is 20.8 Å². The van der Waals surface area contributed by atoms with Crippen LogP contribution in [0, 0.1) is 5.82 Å². The molecule has 0 spiro atoms. The van der Waals surface area contributed by atoms with Crippen LogP contribution in [0.15, 0.2) is 22.7 Å². The molecule has 1 aromatic rings. The van der Waals surface area contributed by atoms with E-state index in [0.29, 0.717) is 23.6 Å². The van der Waals surface area contributed by atoms with Crippen LogP contribution in [0.25, 0.3) is 0 Å². The third-order valence-electron chi connectivity index (χ3n) is 2.86. The fourth-order valence-electron chi connectivity index (χ4n) is 1.85. The van der Waals surface area contributed by atoms with Gasteiger partial charge in [0.1, 0.15) is 5.82 Å². The van der Waals surface area contributed by atoms with E-state index >= 15 is 0 Å². The van der Waals surface area contributed by atoms with Crippen molar-refractivity contribution in [2.24, 2.45) is 0 Å². The standard InChI is InChI=1S/C12H15BrFNO/c13-12-9(2-1-3-11(12)14)8-15(6-7-16)10-4-5-10/h1-3,10,16H,4-8H2. The van der Waals surface area contributed by atoms with Crippen molar-refractivity contribution in [2.75, 3.05) is 13.2 Å². The summed E-state index contributed by atoms with van der Waals surface area (Å²) in [5, 5.41) is 8.99. The predicted octanol–water partition coefficient (Wildman–Crippen LogP) is 2.54. The summed E-state index contributed by atoms with van der Waals surface area (Å²) in [5.41, 5.74) is 0.945. The molecule has 0 atom stereocenters. The maximum absolute atomic E-state index is 13.3. The maximum Gasteiger partial charge on any atom is 0.137 e. The first-order chi connectivity index (χ1) is 7.72. The second-order valence-electron chi connectivity index (χ2n) is 4.14. The van der Waals surface area contributed by atoms with Crippen LogP contribution in [0.2, 0.25) is 0 Å². The summed E-state index contributed by atoms with van der Waals surface area (Å²) in [6.07, 6.45) is 2.37. The minimum Gasteiger partial charge on any atom is -0.395 e. The molecule has 0 unspecified atom stereocenters. The van der Waals surface area contributed by atoms with Crippen molar-refractivity contribution in [1.29, 1.82) is 0 Å². The normalized spacial score (nSPS) is 15.8. The van der Waals surface area contributed by atoms with Crippen LogP contribution in [-0.4, -0.2) is 29.2 Å². The minimum atomic E-state index is -0.225. The van der Waals surface area contributed by atoms with Crippen LogP contribution in [0.4, 0.5) is 4.39 Å². The first-order valence-electron chi connectivity index (χ1n) is 5.50. The highest BCUT2D eigenvalue weighted by atomic mass is 79.9. The van der Waals surface area contributed by atoms with Gasteiger partial charge < -0.3 is 5.11 Å². The van der Waals surface area contributed by atoms with Crippen LogP contribution in [0.5, 0.6) is 0 Å². The van der Waals surface area contributed by atoms with E-state index in [9.17, 15) is 4.39 Å². The minimum absolute atomic E-state index is 0.156. The molecule has 1 saturated carbocycles. The Morgan fingerprint density at radius 2 is 2.19 bits per heavy atom. The van der Waals surface area contributed by atoms with Crippen LogP contribution in [0.1, 0.15) is 18.4 Å². The lowest BCUT2D eigenvalue weighted by Crippen LogP contribution is -2.28. The SMILES string of the molecule is OCCN(Cc1cccc(F)c1Br)C1CC1. The summed E-state index contributed by atoms with van der Waals surface area (Å²) < 4.78 is 13.9. The molecule has 1 aromatic carbocycles. The van der Waals surface area contributed by atoms with E-state index in [1.807, 2.05) is 6.07 Å². The second kappa shape index (κ2) is 5.25. The molecule has 0 amide bonds. The summed E-state index contributed by atoms with van der Waals surface area (Å²) in [4.78, 5) is 2.21. The van der Waals surface area contributed by atoms with Crippen LogP contribution in [0.3, 0.4) is 0 Å². The van der Waals surface area contributed by atoms with Crippen molar-refractivity contribution in [1.82, 2.24) is 4.90 Å². The molecule has 0 heterocycles. The van der Waals surface area contributed by atoms with Gasteiger partial charge in [0.15, 0.2) is 0 Å². The Morgan fingerprint density at radius 1 is 1.44 bits per heavy atom. The number of nitrogens with zero attached hydrogens (tertiary/aromatic N) is 1. The molecule has 0 bridgehead atoms. The van der Waals surface area contributed by atoms with Gasteiger partial charge in [-0.05, 0) is 40.4 Å². The van der Waals surface area contributed by atoms with Gasteiger partial charge in [-0.2, -0.15) is 0 Å². The van der Waals surface area contributed by atoms with Crippen molar-refractivity contribution in [2.45, 2.75) is 25.4 Å². The highest BCUT2D eigenvalue weighted by molar-refractivity contribution is 9.10. The van der Waals surface area contributed by atoms with Gasteiger partial charge in [0.25, 0.3) is 0 Å². The molecule has 2 nitrogen and oxygen atoms in total. The highest BCUT2D eigenvalue weighted by Crippen LogP contribution is 2.30. The number of hydrogen-bond donors (Lipinski definition) is 1.